The zero-order valence-electron chi connectivity index (χ0n) is 9.05. The maximum atomic E-state index is 11.1. The summed E-state index contributed by atoms with van der Waals surface area (Å²) in [5.74, 6) is 1.12. The minimum atomic E-state index is 0.0186. The van der Waals surface area contributed by atoms with Gasteiger partial charge in [0.2, 0.25) is 0 Å². The van der Waals surface area contributed by atoms with Crippen molar-refractivity contribution in [3.8, 4) is 0 Å². The standard InChI is InChI=1S/C12H15ClOS/c1-3-4-7-15-10-5-6-11(9(2)14)12(13)8-10/h5-6,8H,3-4,7H2,1-2H3. The molecule has 3 heteroatoms. The van der Waals surface area contributed by atoms with Crippen LogP contribution in [0, 0.1) is 0 Å². The summed E-state index contributed by atoms with van der Waals surface area (Å²) in [5.41, 5.74) is 0.608. The van der Waals surface area contributed by atoms with Crippen molar-refractivity contribution in [2.75, 3.05) is 5.75 Å². The maximum Gasteiger partial charge on any atom is 0.161 e. The summed E-state index contributed by atoms with van der Waals surface area (Å²) in [7, 11) is 0. The summed E-state index contributed by atoms with van der Waals surface area (Å²) in [6, 6.07) is 5.64. The fourth-order valence-electron chi connectivity index (χ4n) is 1.21. The molecule has 82 valence electrons. The summed E-state index contributed by atoms with van der Waals surface area (Å²) < 4.78 is 0. The minimum absolute atomic E-state index is 0.0186. The van der Waals surface area contributed by atoms with Gasteiger partial charge in [-0.25, -0.2) is 0 Å². The van der Waals surface area contributed by atoms with E-state index in [0.717, 1.165) is 10.6 Å². The minimum Gasteiger partial charge on any atom is -0.294 e. The molecule has 0 amide bonds. The van der Waals surface area contributed by atoms with Gasteiger partial charge < -0.3 is 0 Å². The lowest BCUT2D eigenvalue weighted by Gasteiger charge is -2.04. The molecule has 0 saturated heterocycles. The summed E-state index contributed by atoms with van der Waals surface area (Å²) in [4.78, 5) is 12.3. The molecule has 1 aromatic rings. The predicted molar refractivity (Wildman–Crippen MR) is 67.1 cm³/mol. The third-order valence-electron chi connectivity index (χ3n) is 2.09. The summed E-state index contributed by atoms with van der Waals surface area (Å²) in [6.07, 6.45) is 2.41. The molecule has 1 rings (SSSR count). The number of Topliss-reactive ketones (excluding diaryl/α,β-unsaturated/α-hetero) is 1. The summed E-state index contributed by atoms with van der Waals surface area (Å²) in [5, 5.41) is 0.559. The quantitative estimate of drug-likeness (QED) is 0.432. The lowest BCUT2D eigenvalue weighted by atomic mass is 10.1. The highest BCUT2D eigenvalue weighted by atomic mass is 35.5. The van der Waals surface area contributed by atoms with Crippen molar-refractivity contribution < 1.29 is 4.79 Å². The first-order chi connectivity index (χ1) is 7.15. The van der Waals surface area contributed by atoms with E-state index in [9.17, 15) is 4.79 Å². The second kappa shape index (κ2) is 6.19. The Morgan fingerprint density at radius 2 is 2.20 bits per heavy atom. The van der Waals surface area contributed by atoms with Crippen LogP contribution in [0.5, 0.6) is 0 Å². The fraction of sp³-hybridized carbons (Fsp3) is 0.417. The van der Waals surface area contributed by atoms with Crippen LogP contribution in [0.1, 0.15) is 37.0 Å². The molecule has 15 heavy (non-hydrogen) atoms. The zero-order chi connectivity index (χ0) is 11.3. The van der Waals surface area contributed by atoms with Crippen molar-refractivity contribution in [2.24, 2.45) is 0 Å². The average Bonchev–Trinajstić information content (AvgIpc) is 2.17. The second-order valence-corrected chi connectivity index (χ2v) is 4.98. The number of carbonyl (C=O) groups is 1. The van der Waals surface area contributed by atoms with Crippen molar-refractivity contribution in [1.82, 2.24) is 0 Å². The number of benzene rings is 1. The molecule has 0 aliphatic heterocycles. The summed E-state index contributed by atoms with van der Waals surface area (Å²) in [6.45, 7) is 3.71. The van der Waals surface area contributed by atoms with E-state index >= 15 is 0 Å². The number of hydrogen-bond acceptors (Lipinski definition) is 2. The van der Waals surface area contributed by atoms with E-state index in [1.807, 2.05) is 12.1 Å². The van der Waals surface area contributed by atoms with Gasteiger partial charge in [-0.3, -0.25) is 4.79 Å². The highest BCUT2D eigenvalue weighted by molar-refractivity contribution is 7.99. The van der Waals surface area contributed by atoms with Gasteiger partial charge in [0, 0.05) is 10.5 Å². The second-order valence-electron chi connectivity index (χ2n) is 3.40. The first-order valence-electron chi connectivity index (χ1n) is 5.08. The molecule has 0 N–H and O–H groups in total. The van der Waals surface area contributed by atoms with Crippen molar-refractivity contribution in [2.45, 2.75) is 31.6 Å². The smallest absolute Gasteiger partial charge is 0.161 e. The van der Waals surface area contributed by atoms with Crippen LogP contribution in [0.2, 0.25) is 5.02 Å². The lowest BCUT2D eigenvalue weighted by Crippen LogP contribution is -1.93. The first-order valence-corrected chi connectivity index (χ1v) is 6.44. The molecule has 0 radical (unpaired) electrons. The lowest BCUT2D eigenvalue weighted by molar-refractivity contribution is 0.101. The molecule has 0 aromatic heterocycles. The van der Waals surface area contributed by atoms with E-state index in [2.05, 4.69) is 6.92 Å². The van der Waals surface area contributed by atoms with E-state index in [0.29, 0.717) is 10.6 Å². The van der Waals surface area contributed by atoms with E-state index in [4.69, 9.17) is 11.6 Å². The van der Waals surface area contributed by atoms with Gasteiger partial charge in [-0.2, -0.15) is 0 Å². The Labute approximate surface area is 100 Å². The normalized spacial score (nSPS) is 10.3. The molecule has 0 atom stereocenters. The molecule has 0 aliphatic carbocycles. The van der Waals surface area contributed by atoms with Gasteiger partial charge in [-0.1, -0.05) is 24.9 Å². The molecule has 0 bridgehead atoms. The van der Waals surface area contributed by atoms with Crippen molar-refractivity contribution in [3.05, 3.63) is 28.8 Å². The molecule has 0 spiro atoms. The molecule has 1 nitrogen and oxygen atoms in total. The van der Waals surface area contributed by atoms with E-state index < -0.39 is 0 Å². The van der Waals surface area contributed by atoms with E-state index in [1.54, 1.807) is 17.8 Å². The summed E-state index contributed by atoms with van der Waals surface area (Å²) >= 11 is 7.79. The van der Waals surface area contributed by atoms with Crippen molar-refractivity contribution >= 4 is 29.1 Å². The van der Waals surface area contributed by atoms with Gasteiger partial charge >= 0.3 is 0 Å². The Hall–Kier alpha value is -0.470. The Morgan fingerprint density at radius 3 is 2.73 bits per heavy atom. The molecule has 0 unspecified atom stereocenters. The van der Waals surface area contributed by atoms with Crippen LogP contribution >= 0.6 is 23.4 Å². The van der Waals surface area contributed by atoms with Crippen LogP contribution in [0.15, 0.2) is 23.1 Å². The first kappa shape index (κ1) is 12.6. The molecule has 0 aliphatic rings. The van der Waals surface area contributed by atoms with Crippen LogP contribution < -0.4 is 0 Å². The predicted octanol–water partition coefficient (Wildman–Crippen LogP) is 4.43. The number of thioether (sulfide) groups is 1. The van der Waals surface area contributed by atoms with Crippen LogP contribution in [-0.4, -0.2) is 11.5 Å². The van der Waals surface area contributed by atoms with Crippen LogP contribution in [0.3, 0.4) is 0 Å². The van der Waals surface area contributed by atoms with Gasteiger partial charge in [-0.05, 0) is 37.3 Å². The number of ketones is 1. The highest BCUT2D eigenvalue weighted by Gasteiger charge is 2.05. The molecular formula is C12H15ClOS. The number of halogens is 1. The Bertz CT molecular complexity index is 349. The molecule has 0 saturated carbocycles. The largest absolute Gasteiger partial charge is 0.294 e. The third-order valence-corrected chi connectivity index (χ3v) is 3.48. The Morgan fingerprint density at radius 1 is 1.47 bits per heavy atom. The maximum absolute atomic E-state index is 11.1. The fourth-order valence-corrected chi connectivity index (χ4v) is 2.62. The van der Waals surface area contributed by atoms with Crippen LogP contribution in [-0.2, 0) is 0 Å². The Kier molecular flexibility index (Phi) is 5.20. The number of rotatable bonds is 5. The van der Waals surface area contributed by atoms with E-state index in [-0.39, 0.29) is 5.78 Å². The number of hydrogen-bond donors (Lipinski definition) is 0. The molecule has 1 aromatic carbocycles. The number of unbranched alkanes of at least 4 members (excludes halogenated alkanes) is 1. The van der Waals surface area contributed by atoms with Gasteiger partial charge in [0.25, 0.3) is 0 Å². The molecular weight excluding hydrogens is 228 g/mol. The zero-order valence-corrected chi connectivity index (χ0v) is 10.6. The van der Waals surface area contributed by atoms with Gasteiger partial charge in [0.15, 0.2) is 5.78 Å². The monoisotopic (exact) mass is 242 g/mol. The third kappa shape index (κ3) is 3.88. The Balaban J connectivity index is 2.69. The van der Waals surface area contributed by atoms with Gasteiger partial charge in [0.1, 0.15) is 0 Å². The van der Waals surface area contributed by atoms with Crippen molar-refractivity contribution in [3.63, 3.8) is 0 Å². The average molecular weight is 243 g/mol. The molecule has 0 fully saturated rings. The number of carbonyl (C=O) groups excluding carboxylic acids is 1. The van der Waals surface area contributed by atoms with Crippen molar-refractivity contribution in [1.29, 1.82) is 0 Å². The highest BCUT2D eigenvalue weighted by Crippen LogP contribution is 2.25. The van der Waals surface area contributed by atoms with Gasteiger partial charge in [0.05, 0.1) is 5.02 Å². The molecule has 0 heterocycles. The van der Waals surface area contributed by atoms with Crippen LogP contribution in [0.25, 0.3) is 0 Å². The SMILES string of the molecule is CCCCSc1ccc(C(C)=O)c(Cl)c1. The van der Waals surface area contributed by atoms with Gasteiger partial charge in [-0.15, -0.1) is 11.8 Å². The van der Waals surface area contributed by atoms with Crippen LogP contribution in [0.4, 0.5) is 0 Å². The van der Waals surface area contributed by atoms with E-state index in [1.165, 1.54) is 19.8 Å². The topological polar surface area (TPSA) is 17.1 Å².